The van der Waals surface area contributed by atoms with Crippen molar-refractivity contribution in [2.75, 3.05) is 0 Å². The highest BCUT2D eigenvalue weighted by atomic mass is 16.1. The predicted molar refractivity (Wildman–Crippen MR) is 69.0 cm³/mol. The lowest BCUT2D eigenvalue weighted by Crippen LogP contribution is -1.98. The van der Waals surface area contributed by atoms with Crippen molar-refractivity contribution < 1.29 is 4.79 Å². The molecule has 0 heterocycles. The van der Waals surface area contributed by atoms with E-state index < -0.39 is 0 Å². The lowest BCUT2D eigenvalue weighted by atomic mass is 9.91. The van der Waals surface area contributed by atoms with Gasteiger partial charge in [-0.25, -0.2) is 0 Å². The smallest absolute Gasteiger partial charge is 0.150 e. The summed E-state index contributed by atoms with van der Waals surface area (Å²) < 4.78 is 0. The van der Waals surface area contributed by atoms with Crippen LogP contribution in [0.2, 0.25) is 0 Å². The van der Waals surface area contributed by atoms with Crippen molar-refractivity contribution in [3.8, 4) is 0 Å². The molecular weight excluding hydrogens is 196 g/mol. The van der Waals surface area contributed by atoms with Gasteiger partial charge in [0.15, 0.2) is 0 Å². The van der Waals surface area contributed by atoms with Crippen molar-refractivity contribution in [1.29, 1.82) is 0 Å². The van der Waals surface area contributed by atoms with Crippen LogP contribution in [0.15, 0.2) is 24.3 Å². The molecule has 1 aromatic rings. The van der Waals surface area contributed by atoms with Gasteiger partial charge in [-0.2, -0.15) is 0 Å². The minimum atomic E-state index is 0.498. The van der Waals surface area contributed by atoms with Crippen LogP contribution >= 0.6 is 0 Å². The first-order valence-corrected chi connectivity index (χ1v) is 6.33. The first-order valence-electron chi connectivity index (χ1n) is 6.33. The molecule has 1 rings (SSSR count). The standard InChI is InChI=1S/C15H22O/c1-3-4-5-6-9-13(2)15-11-8-7-10-14(15)12-16/h7-8,10-13H,3-6,9H2,1-2H3. The zero-order valence-corrected chi connectivity index (χ0v) is 10.4. The van der Waals surface area contributed by atoms with E-state index in [1.54, 1.807) is 0 Å². The number of unbranched alkanes of at least 4 members (excludes halogenated alkanes) is 3. The van der Waals surface area contributed by atoms with Gasteiger partial charge in [-0.1, -0.05) is 63.8 Å². The molecule has 1 heteroatoms. The fourth-order valence-electron chi connectivity index (χ4n) is 2.10. The van der Waals surface area contributed by atoms with Crippen molar-refractivity contribution in [3.63, 3.8) is 0 Å². The summed E-state index contributed by atoms with van der Waals surface area (Å²) in [5.74, 6) is 0.498. The van der Waals surface area contributed by atoms with Crippen molar-refractivity contribution in [2.24, 2.45) is 0 Å². The monoisotopic (exact) mass is 218 g/mol. The topological polar surface area (TPSA) is 17.1 Å². The molecule has 0 N–H and O–H groups in total. The Kier molecular flexibility index (Phi) is 5.84. The second kappa shape index (κ2) is 7.21. The van der Waals surface area contributed by atoms with Gasteiger partial charge in [0.25, 0.3) is 0 Å². The van der Waals surface area contributed by atoms with Gasteiger partial charge in [0.1, 0.15) is 6.29 Å². The highest BCUT2D eigenvalue weighted by Gasteiger charge is 2.08. The zero-order valence-electron chi connectivity index (χ0n) is 10.4. The number of benzene rings is 1. The molecule has 1 aromatic carbocycles. The second-order valence-electron chi connectivity index (χ2n) is 4.50. The van der Waals surface area contributed by atoms with Gasteiger partial charge in [0.05, 0.1) is 0 Å². The van der Waals surface area contributed by atoms with Crippen LogP contribution in [-0.4, -0.2) is 6.29 Å². The van der Waals surface area contributed by atoms with E-state index in [2.05, 4.69) is 19.9 Å². The number of carbonyl (C=O) groups is 1. The predicted octanol–water partition coefficient (Wildman–Crippen LogP) is 4.57. The molecule has 0 fully saturated rings. The van der Waals surface area contributed by atoms with Crippen LogP contribution in [0.1, 0.15) is 67.8 Å². The Hall–Kier alpha value is -1.11. The van der Waals surface area contributed by atoms with E-state index in [0.717, 1.165) is 11.8 Å². The van der Waals surface area contributed by atoms with Gasteiger partial charge >= 0.3 is 0 Å². The van der Waals surface area contributed by atoms with Crippen LogP contribution in [0.4, 0.5) is 0 Å². The molecule has 0 amide bonds. The Morgan fingerprint density at radius 1 is 1.19 bits per heavy atom. The maximum Gasteiger partial charge on any atom is 0.150 e. The maximum atomic E-state index is 10.9. The van der Waals surface area contributed by atoms with Crippen LogP contribution in [0.5, 0.6) is 0 Å². The number of rotatable bonds is 7. The Bertz CT molecular complexity index is 317. The maximum absolute atomic E-state index is 10.9. The first-order chi connectivity index (χ1) is 7.79. The first kappa shape index (κ1) is 13.0. The van der Waals surface area contributed by atoms with E-state index in [0.29, 0.717) is 5.92 Å². The number of hydrogen-bond donors (Lipinski definition) is 0. The number of aldehydes is 1. The van der Waals surface area contributed by atoms with Gasteiger partial charge in [-0.15, -0.1) is 0 Å². The Morgan fingerprint density at radius 2 is 1.94 bits per heavy atom. The van der Waals surface area contributed by atoms with Crippen molar-refractivity contribution in [2.45, 2.75) is 51.9 Å². The van der Waals surface area contributed by atoms with Gasteiger partial charge in [-0.3, -0.25) is 4.79 Å². The third-order valence-electron chi connectivity index (χ3n) is 3.14. The molecule has 0 saturated carbocycles. The quantitative estimate of drug-likeness (QED) is 0.484. The van der Waals surface area contributed by atoms with Crippen LogP contribution in [0.25, 0.3) is 0 Å². The Labute approximate surface area is 98.9 Å². The third kappa shape index (κ3) is 3.80. The SMILES string of the molecule is CCCCCCC(C)c1ccccc1C=O. The Morgan fingerprint density at radius 3 is 2.62 bits per heavy atom. The van der Waals surface area contributed by atoms with E-state index in [1.165, 1.54) is 37.7 Å². The normalized spacial score (nSPS) is 12.4. The van der Waals surface area contributed by atoms with Crippen molar-refractivity contribution in [3.05, 3.63) is 35.4 Å². The molecular formula is C15H22O. The summed E-state index contributed by atoms with van der Waals surface area (Å²) in [6, 6.07) is 7.93. The fourth-order valence-corrected chi connectivity index (χ4v) is 2.10. The molecule has 0 spiro atoms. The van der Waals surface area contributed by atoms with Crippen LogP contribution in [0, 0.1) is 0 Å². The molecule has 0 saturated heterocycles. The second-order valence-corrected chi connectivity index (χ2v) is 4.50. The summed E-state index contributed by atoms with van der Waals surface area (Å²) in [5, 5.41) is 0. The van der Waals surface area contributed by atoms with E-state index in [1.807, 2.05) is 18.2 Å². The molecule has 0 aliphatic carbocycles. The fraction of sp³-hybridized carbons (Fsp3) is 0.533. The van der Waals surface area contributed by atoms with Gasteiger partial charge in [0.2, 0.25) is 0 Å². The average Bonchev–Trinajstić information content (AvgIpc) is 2.34. The summed E-state index contributed by atoms with van der Waals surface area (Å²) in [6.07, 6.45) is 7.33. The highest BCUT2D eigenvalue weighted by Crippen LogP contribution is 2.24. The third-order valence-corrected chi connectivity index (χ3v) is 3.14. The largest absolute Gasteiger partial charge is 0.298 e. The van der Waals surface area contributed by atoms with Crippen LogP contribution in [-0.2, 0) is 0 Å². The molecule has 1 nitrogen and oxygen atoms in total. The molecule has 0 aliphatic heterocycles. The van der Waals surface area contributed by atoms with E-state index >= 15 is 0 Å². The summed E-state index contributed by atoms with van der Waals surface area (Å²) in [5.41, 5.74) is 2.06. The van der Waals surface area contributed by atoms with Gasteiger partial charge < -0.3 is 0 Å². The van der Waals surface area contributed by atoms with Gasteiger partial charge in [0, 0.05) is 5.56 Å². The van der Waals surface area contributed by atoms with Crippen LogP contribution in [0.3, 0.4) is 0 Å². The summed E-state index contributed by atoms with van der Waals surface area (Å²) in [6.45, 7) is 4.44. The minimum absolute atomic E-state index is 0.498. The van der Waals surface area contributed by atoms with E-state index in [9.17, 15) is 4.79 Å². The molecule has 0 aromatic heterocycles. The lowest BCUT2D eigenvalue weighted by molar-refractivity contribution is 0.112. The van der Waals surface area contributed by atoms with E-state index in [4.69, 9.17) is 0 Å². The molecule has 1 unspecified atom stereocenters. The molecule has 1 atom stereocenters. The number of hydrogen-bond acceptors (Lipinski definition) is 1. The highest BCUT2D eigenvalue weighted by molar-refractivity contribution is 5.77. The summed E-state index contributed by atoms with van der Waals surface area (Å²) >= 11 is 0. The molecule has 0 radical (unpaired) electrons. The Balaban J connectivity index is 2.51. The number of carbonyl (C=O) groups excluding carboxylic acids is 1. The zero-order chi connectivity index (χ0) is 11.8. The summed E-state index contributed by atoms with van der Waals surface area (Å²) in [7, 11) is 0. The molecule has 16 heavy (non-hydrogen) atoms. The minimum Gasteiger partial charge on any atom is -0.298 e. The molecule has 88 valence electrons. The lowest BCUT2D eigenvalue weighted by Gasteiger charge is -2.13. The van der Waals surface area contributed by atoms with Crippen LogP contribution < -0.4 is 0 Å². The average molecular weight is 218 g/mol. The van der Waals surface area contributed by atoms with Crippen molar-refractivity contribution >= 4 is 6.29 Å². The van der Waals surface area contributed by atoms with E-state index in [-0.39, 0.29) is 0 Å². The molecule has 0 bridgehead atoms. The van der Waals surface area contributed by atoms with Gasteiger partial charge in [-0.05, 0) is 17.9 Å². The molecule has 0 aliphatic rings. The summed E-state index contributed by atoms with van der Waals surface area (Å²) in [4.78, 5) is 10.9. The van der Waals surface area contributed by atoms with Crippen molar-refractivity contribution in [1.82, 2.24) is 0 Å².